The van der Waals surface area contributed by atoms with Crippen LogP contribution in [0.2, 0.25) is 0 Å². The van der Waals surface area contributed by atoms with Gasteiger partial charge in [0.1, 0.15) is 11.5 Å². The maximum absolute atomic E-state index is 7.03. The van der Waals surface area contributed by atoms with Crippen LogP contribution in [-0.4, -0.2) is 20.6 Å². The van der Waals surface area contributed by atoms with Gasteiger partial charge in [0.25, 0.3) is 0 Å². The second-order valence-corrected chi connectivity index (χ2v) is 20.5. The van der Waals surface area contributed by atoms with E-state index in [4.69, 9.17) is 4.74 Å². The summed E-state index contributed by atoms with van der Waals surface area (Å²) in [6.45, 7) is 20.1. The fraction of sp³-hybridized carbons (Fsp3) is 0.625. The topological polar surface area (TPSA) is 9.23 Å². The summed E-state index contributed by atoms with van der Waals surface area (Å²) in [7, 11) is -0.766. The molecule has 0 N–H and O–H groups in total. The number of benzene rings is 2. The van der Waals surface area contributed by atoms with Crippen molar-refractivity contribution in [3.8, 4) is 11.5 Å². The molecule has 4 rings (SSSR count). The Morgan fingerprint density at radius 1 is 0.486 bits per heavy atom. The third-order valence-electron chi connectivity index (χ3n) is 8.51. The lowest BCUT2D eigenvalue weighted by Crippen LogP contribution is -2.35. The Hall–Kier alpha value is -0.900. The van der Waals surface area contributed by atoms with Gasteiger partial charge in [0.15, 0.2) is 0 Å². The van der Waals surface area contributed by atoms with Crippen LogP contribution in [-0.2, 0) is 0 Å². The molecular formula is C32H48OP2. The smallest absolute Gasteiger partial charge is 0.135 e. The van der Waals surface area contributed by atoms with Gasteiger partial charge in [-0.3, -0.25) is 0 Å². The van der Waals surface area contributed by atoms with Crippen molar-refractivity contribution in [1.29, 1.82) is 0 Å². The van der Waals surface area contributed by atoms with Crippen LogP contribution in [0.1, 0.15) is 107 Å². The predicted molar refractivity (Wildman–Crippen MR) is 159 cm³/mol. The highest BCUT2D eigenvalue weighted by molar-refractivity contribution is 7.69. The Morgan fingerprint density at radius 2 is 0.771 bits per heavy atom. The molecule has 0 saturated carbocycles. The van der Waals surface area contributed by atoms with Crippen molar-refractivity contribution in [2.45, 2.75) is 127 Å². The molecule has 2 aromatic rings. The fourth-order valence-corrected chi connectivity index (χ4v) is 15.8. The first-order valence-electron chi connectivity index (χ1n) is 13.8. The van der Waals surface area contributed by atoms with Crippen molar-refractivity contribution in [3.63, 3.8) is 0 Å². The Kier molecular flexibility index (Phi) is 7.84. The Bertz CT molecular complexity index is 902. The quantitative estimate of drug-likeness (QED) is 0.372. The van der Waals surface area contributed by atoms with Gasteiger partial charge in [0.05, 0.1) is 0 Å². The fourth-order valence-electron chi connectivity index (χ4n) is 7.20. The lowest BCUT2D eigenvalue weighted by Gasteiger charge is -2.45. The minimum absolute atomic E-state index is 0.309. The summed E-state index contributed by atoms with van der Waals surface area (Å²) in [6, 6.07) is 18.0. The van der Waals surface area contributed by atoms with E-state index < -0.39 is 0 Å². The third-order valence-corrected chi connectivity index (χ3v) is 15.9. The zero-order chi connectivity index (χ0) is 25.5. The van der Waals surface area contributed by atoms with Crippen molar-refractivity contribution in [1.82, 2.24) is 0 Å². The number of para-hydroxylation sites is 2. The standard InChI is InChI=1S/C32H48OP2/c1-29(2)21-13-14-22-30(3,4)34(29)27-19-11-9-17-25(27)33-26-18-10-12-20-28(26)35-31(5,6)23-15-16-24-32(35,7)8/h9-12,17-20H,13-16,21-24H2,1-8H3. The summed E-state index contributed by atoms with van der Waals surface area (Å²) < 4.78 is 7.03. The van der Waals surface area contributed by atoms with Gasteiger partial charge in [-0.2, -0.15) is 0 Å². The first-order chi connectivity index (χ1) is 16.4. The van der Waals surface area contributed by atoms with Gasteiger partial charge in [-0.25, -0.2) is 0 Å². The maximum atomic E-state index is 7.03. The zero-order valence-corrected chi connectivity index (χ0v) is 25.4. The molecule has 0 atom stereocenters. The van der Waals surface area contributed by atoms with Crippen LogP contribution in [0.4, 0.5) is 0 Å². The van der Waals surface area contributed by atoms with Gasteiger partial charge >= 0.3 is 0 Å². The largest absolute Gasteiger partial charge is 0.456 e. The average Bonchev–Trinajstić information content (AvgIpc) is 2.94. The van der Waals surface area contributed by atoms with E-state index in [-0.39, 0.29) is 15.8 Å². The molecule has 0 radical (unpaired) electrons. The number of ether oxygens (including phenoxy) is 1. The summed E-state index contributed by atoms with van der Waals surface area (Å²) in [5, 5.41) is 4.16. The molecule has 1 nitrogen and oxygen atoms in total. The van der Waals surface area contributed by atoms with Crippen LogP contribution in [0.5, 0.6) is 11.5 Å². The highest BCUT2D eigenvalue weighted by Crippen LogP contribution is 2.66. The number of hydrogen-bond donors (Lipinski definition) is 0. The Morgan fingerprint density at radius 3 is 1.09 bits per heavy atom. The molecule has 0 unspecified atom stereocenters. The van der Waals surface area contributed by atoms with Gasteiger partial charge in [-0.15, -0.1) is 0 Å². The van der Waals surface area contributed by atoms with E-state index in [1.165, 1.54) is 62.0 Å². The van der Waals surface area contributed by atoms with Gasteiger partial charge in [0.2, 0.25) is 0 Å². The minimum atomic E-state index is -0.383. The van der Waals surface area contributed by atoms with Crippen LogP contribution in [0.25, 0.3) is 0 Å². The summed E-state index contributed by atoms with van der Waals surface area (Å²) in [5.41, 5.74) is 0. The molecule has 35 heavy (non-hydrogen) atoms. The molecule has 2 aromatic carbocycles. The minimum Gasteiger partial charge on any atom is -0.456 e. The first kappa shape index (κ1) is 27.1. The third kappa shape index (κ3) is 5.68. The number of rotatable bonds is 4. The zero-order valence-electron chi connectivity index (χ0n) is 23.6. The summed E-state index contributed by atoms with van der Waals surface area (Å²) >= 11 is 0. The molecule has 0 amide bonds. The molecule has 0 aliphatic carbocycles. The van der Waals surface area contributed by atoms with Crippen LogP contribution >= 0.6 is 15.8 Å². The van der Waals surface area contributed by atoms with Gasteiger partial charge in [0, 0.05) is 10.6 Å². The van der Waals surface area contributed by atoms with Crippen molar-refractivity contribution in [2.75, 3.05) is 0 Å². The molecule has 3 heteroatoms. The Balaban J connectivity index is 1.79. The maximum Gasteiger partial charge on any atom is 0.135 e. The molecule has 0 spiro atoms. The molecular weight excluding hydrogens is 462 g/mol. The lowest BCUT2D eigenvalue weighted by atomic mass is 10.0. The van der Waals surface area contributed by atoms with Crippen LogP contribution in [0, 0.1) is 0 Å². The van der Waals surface area contributed by atoms with E-state index in [9.17, 15) is 0 Å². The van der Waals surface area contributed by atoms with E-state index in [0.717, 1.165) is 11.5 Å². The van der Waals surface area contributed by atoms with Crippen LogP contribution in [0.15, 0.2) is 48.5 Å². The van der Waals surface area contributed by atoms with E-state index in [0.29, 0.717) is 20.6 Å². The van der Waals surface area contributed by atoms with E-state index in [1.807, 2.05) is 0 Å². The highest BCUT2D eigenvalue weighted by atomic mass is 31.1. The van der Waals surface area contributed by atoms with Crippen molar-refractivity contribution in [2.24, 2.45) is 0 Å². The van der Waals surface area contributed by atoms with Gasteiger partial charge in [-0.1, -0.05) is 133 Å². The molecule has 0 bridgehead atoms. The highest BCUT2D eigenvalue weighted by Gasteiger charge is 2.45. The molecule has 2 aliphatic rings. The molecule has 0 aromatic heterocycles. The van der Waals surface area contributed by atoms with E-state index >= 15 is 0 Å². The summed E-state index contributed by atoms with van der Waals surface area (Å²) in [4.78, 5) is 0. The van der Waals surface area contributed by atoms with Gasteiger partial charge in [-0.05, 0) is 58.4 Å². The monoisotopic (exact) mass is 510 g/mol. The summed E-state index contributed by atoms with van der Waals surface area (Å²) in [5.74, 6) is 2.18. The van der Waals surface area contributed by atoms with Crippen molar-refractivity contribution >= 4 is 26.5 Å². The second-order valence-electron chi connectivity index (χ2n) is 13.4. The van der Waals surface area contributed by atoms with Crippen LogP contribution < -0.4 is 15.3 Å². The Labute approximate surface area is 218 Å². The molecule has 2 saturated heterocycles. The molecule has 192 valence electrons. The molecule has 2 aliphatic heterocycles. The van der Waals surface area contributed by atoms with Crippen LogP contribution in [0.3, 0.4) is 0 Å². The summed E-state index contributed by atoms with van der Waals surface area (Å²) in [6.07, 6.45) is 10.6. The van der Waals surface area contributed by atoms with Crippen molar-refractivity contribution in [3.05, 3.63) is 48.5 Å². The first-order valence-corrected chi connectivity index (χ1v) is 16.5. The SMILES string of the molecule is CC1(C)CCCCC(C)(C)P1c1ccccc1Oc1ccccc1P1C(C)(C)CCCCC1(C)C. The molecule has 2 fully saturated rings. The van der Waals surface area contributed by atoms with Gasteiger partial charge < -0.3 is 4.74 Å². The van der Waals surface area contributed by atoms with Crippen molar-refractivity contribution < 1.29 is 4.74 Å². The van der Waals surface area contributed by atoms with E-state index in [1.54, 1.807) is 0 Å². The predicted octanol–water partition coefficient (Wildman–Crippen LogP) is 9.96. The second kappa shape index (κ2) is 10.1. The lowest BCUT2D eigenvalue weighted by molar-refractivity contribution is 0.489. The van der Waals surface area contributed by atoms with E-state index in [2.05, 4.69) is 104 Å². The molecule has 2 heterocycles. The normalized spacial score (nSPS) is 24.3. The average molecular weight is 511 g/mol. The number of hydrogen-bond acceptors (Lipinski definition) is 1.